The maximum atomic E-state index is 12.9. The lowest BCUT2D eigenvalue weighted by Gasteiger charge is -2.00. The Morgan fingerprint density at radius 1 is 1.07 bits per heavy atom. The summed E-state index contributed by atoms with van der Waals surface area (Å²) in [6.45, 7) is 0. The molecule has 1 aromatic heterocycles. The topological polar surface area (TPSA) is 32.9 Å². The first kappa shape index (κ1) is 9.58. The predicted molar refractivity (Wildman–Crippen MR) is 52.4 cm³/mol. The summed E-state index contributed by atoms with van der Waals surface area (Å²) in [6, 6.07) is 6.53. The molecule has 1 N–H and O–H groups in total. The van der Waals surface area contributed by atoms with Gasteiger partial charge in [-0.25, -0.2) is 8.78 Å². The van der Waals surface area contributed by atoms with E-state index in [1.165, 1.54) is 12.3 Å². The minimum atomic E-state index is -0.962. The van der Waals surface area contributed by atoms with Gasteiger partial charge in [-0.05, 0) is 29.8 Å². The molecule has 0 aliphatic carbocycles. The fourth-order valence-electron chi connectivity index (χ4n) is 1.31. The van der Waals surface area contributed by atoms with Crippen LogP contribution in [0.4, 0.5) is 8.78 Å². The van der Waals surface area contributed by atoms with E-state index in [4.69, 9.17) is 0 Å². The van der Waals surface area contributed by atoms with Crippen molar-refractivity contribution >= 4 is 0 Å². The van der Waals surface area contributed by atoms with Crippen LogP contribution in [0.1, 0.15) is 0 Å². The second-order valence-electron chi connectivity index (χ2n) is 3.04. The van der Waals surface area contributed by atoms with Gasteiger partial charge >= 0.3 is 0 Å². The SMILES string of the molecule is O=c1[nH]cccc1-c1ccc(F)c(F)c1. The second-order valence-corrected chi connectivity index (χ2v) is 3.04. The van der Waals surface area contributed by atoms with Gasteiger partial charge in [0.15, 0.2) is 11.6 Å². The van der Waals surface area contributed by atoms with Crippen LogP contribution in [0.25, 0.3) is 11.1 Å². The maximum absolute atomic E-state index is 12.9. The molecule has 2 aromatic rings. The van der Waals surface area contributed by atoms with Crippen molar-refractivity contribution in [3.63, 3.8) is 0 Å². The molecule has 2 rings (SSSR count). The normalized spacial score (nSPS) is 10.3. The number of pyridine rings is 1. The highest BCUT2D eigenvalue weighted by molar-refractivity contribution is 5.61. The van der Waals surface area contributed by atoms with E-state index in [1.54, 1.807) is 12.1 Å². The highest BCUT2D eigenvalue weighted by atomic mass is 19.2. The standard InChI is InChI=1S/C11H7F2NO/c12-9-4-3-7(6-10(9)13)8-2-1-5-14-11(8)15/h1-6H,(H,14,15). The van der Waals surface area contributed by atoms with Crippen LogP contribution < -0.4 is 5.56 Å². The highest BCUT2D eigenvalue weighted by Crippen LogP contribution is 2.17. The third-order valence-electron chi connectivity index (χ3n) is 2.05. The van der Waals surface area contributed by atoms with Crippen LogP contribution in [0.5, 0.6) is 0 Å². The van der Waals surface area contributed by atoms with Crippen LogP contribution in [0, 0.1) is 11.6 Å². The van der Waals surface area contributed by atoms with E-state index in [-0.39, 0.29) is 5.56 Å². The average molecular weight is 207 g/mol. The molecule has 0 unspecified atom stereocenters. The lowest BCUT2D eigenvalue weighted by Crippen LogP contribution is -2.07. The van der Waals surface area contributed by atoms with E-state index in [0.717, 1.165) is 12.1 Å². The van der Waals surface area contributed by atoms with Gasteiger partial charge in [0.25, 0.3) is 5.56 Å². The lowest BCUT2D eigenvalue weighted by molar-refractivity contribution is 0.509. The fourth-order valence-corrected chi connectivity index (χ4v) is 1.31. The molecule has 0 fully saturated rings. The zero-order valence-electron chi connectivity index (χ0n) is 7.63. The molecule has 0 bridgehead atoms. The first-order chi connectivity index (χ1) is 7.18. The van der Waals surface area contributed by atoms with Gasteiger partial charge in [-0.15, -0.1) is 0 Å². The van der Waals surface area contributed by atoms with Gasteiger partial charge in [-0.3, -0.25) is 4.79 Å². The van der Waals surface area contributed by atoms with Gasteiger partial charge < -0.3 is 4.98 Å². The van der Waals surface area contributed by atoms with Crippen LogP contribution >= 0.6 is 0 Å². The molecule has 0 spiro atoms. The number of hydrogen-bond donors (Lipinski definition) is 1. The minimum Gasteiger partial charge on any atom is -0.329 e. The molecule has 2 nitrogen and oxygen atoms in total. The third-order valence-corrected chi connectivity index (χ3v) is 2.05. The molecule has 0 aliphatic rings. The average Bonchev–Trinajstić information content (AvgIpc) is 2.23. The molecule has 4 heteroatoms. The zero-order valence-corrected chi connectivity index (χ0v) is 7.63. The number of hydrogen-bond acceptors (Lipinski definition) is 1. The van der Waals surface area contributed by atoms with Crippen molar-refractivity contribution in [3.8, 4) is 11.1 Å². The number of rotatable bonds is 1. The van der Waals surface area contributed by atoms with E-state index in [1.807, 2.05) is 0 Å². The molecule has 15 heavy (non-hydrogen) atoms. The summed E-state index contributed by atoms with van der Waals surface area (Å²) in [5.41, 5.74) is 0.343. The molecule has 1 heterocycles. The van der Waals surface area contributed by atoms with Gasteiger partial charge in [-0.2, -0.15) is 0 Å². The molecule has 0 aliphatic heterocycles. The summed E-state index contributed by atoms with van der Waals surface area (Å²) >= 11 is 0. The summed E-state index contributed by atoms with van der Waals surface area (Å²) in [5.74, 6) is -1.89. The first-order valence-corrected chi connectivity index (χ1v) is 4.31. The smallest absolute Gasteiger partial charge is 0.255 e. The van der Waals surface area contributed by atoms with E-state index < -0.39 is 11.6 Å². The van der Waals surface area contributed by atoms with Crippen molar-refractivity contribution in [2.24, 2.45) is 0 Å². The summed E-state index contributed by atoms with van der Waals surface area (Å²) in [6.07, 6.45) is 1.48. The molecule has 0 atom stereocenters. The number of halogens is 2. The van der Waals surface area contributed by atoms with Gasteiger partial charge in [0.05, 0.1) is 0 Å². The Morgan fingerprint density at radius 2 is 1.87 bits per heavy atom. The Hall–Kier alpha value is -1.97. The molecule has 1 aromatic carbocycles. The Bertz CT molecular complexity index is 548. The van der Waals surface area contributed by atoms with Crippen molar-refractivity contribution in [3.05, 3.63) is 58.5 Å². The molecule has 0 saturated carbocycles. The number of nitrogens with one attached hydrogen (secondary N) is 1. The van der Waals surface area contributed by atoms with Crippen LogP contribution in [0.3, 0.4) is 0 Å². The maximum Gasteiger partial charge on any atom is 0.255 e. The van der Waals surface area contributed by atoms with Crippen LogP contribution in [-0.4, -0.2) is 4.98 Å². The Balaban J connectivity index is 2.60. The third kappa shape index (κ3) is 1.79. The van der Waals surface area contributed by atoms with Crippen LogP contribution in [0.2, 0.25) is 0 Å². The zero-order chi connectivity index (χ0) is 10.8. The number of benzene rings is 1. The molecule has 0 saturated heterocycles. The molecule has 0 amide bonds. The first-order valence-electron chi connectivity index (χ1n) is 4.31. The lowest BCUT2D eigenvalue weighted by atomic mass is 10.1. The summed E-state index contributed by atoms with van der Waals surface area (Å²) in [5, 5.41) is 0. The second kappa shape index (κ2) is 3.65. The molecule has 76 valence electrons. The van der Waals surface area contributed by atoms with Crippen molar-refractivity contribution in [1.82, 2.24) is 4.98 Å². The van der Waals surface area contributed by atoms with Gasteiger partial charge in [0.1, 0.15) is 0 Å². The summed E-state index contributed by atoms with van der Waals surface area (Å²) in [4.78, 5) is 13.8. The van der Waals surface area contributed by atoms with Gasteiger partial charge in [0, 0.05) is 11.8 Å². The summed E-state index contributed by atoms with van der Waals surface area (Å²) < 4.78 is 25.6. The monoisotopic (exact) mass is 207 g/mol. The fraction of sp³-hybridized carbons (Fsp3) is 0. The van der Waals surface area contributed by atoms with Crippen molar-refractivity contribution in [1.29, 1.82) is 0 Å². The van der Waals surface area contributed by atoms with Crippen molar-refractivity contribution in [2.45, 2.75) is 0 Å². The van der Waals surface area contributed by atoms with Gasteiger partial charge in [-0.1, -0.05) is 6.07 Å². The quantitative estimate of drug-likeness (QED) is 0.764. The Morgan fingerprint density at radius 3 is 2.53 bits per heavy atom. The van der Waals surface area contributed by atoms with Crippen molar-refractivity contribution < 1.29 is 8.78 Å². The minimum absolute atomic E-state index is 0.316. The highest BCUT2D eigenvalue weighted by Gasteiger charge is 2.06. The van der Waals surface area contributed by atoms with Crippen LogP contribution in [0.15, 0.2) is 41.3 Å². The number of aromatic nitrogens is 1. The van der Waals surface area contributed by atoms with Gasteiger partial charge in [0.2, 0.25) is 0 Å². The summed E-state index contributed by atoms with van der Waals surface area (Å²) in [7, 11) is 0. The Labute approximate surface area is 84.2 Å². The van der Waals surface area contributed by atoms with E-state index in [2.05, 4.69) is 4.98 Å². The predicted octanol–water partition coefficient (Wildman–Crippen LogP) is 2.32. The van der Waals surface area contributed by atoms with Crippen LogP contribution in [-0.2, 0) is 0 Å². The molecule has 0 radical (unpaired) electrons. The van der Waals surface area contributed by atoms with E-state index >= 15 is 0 Å². The van der Waals surface area contributed by atoms with E-state index in [0.29, 0.717) is 11.1 Å². The van der Waals surface area contributed by atoms with E-state index in [9.17, 15) is 13.6 Å². The van der Waals surface area contributed by atoms with Crippen molar-refractivity contribution in [2.75, 3.05) is 0 Å². The number of aromatic amines is 1. The Kier molecular flexibility index (Phi) is 2.33. The number of H-pyrrole nitrogens is 1. The molecular weight excluding hydrogens is 200 g/mol. The molecular formula is C11H7F2NO. The largest absolute Gasteiger partial charge is 0.329 e.